The zero-order valence-corrected chi connectivity index (χ0v) is 35.2. The Morgan fingerprint density at radius 2 is 1.60 bits per heavy atom. The molecular formula is C51H75N. The molecule has 0 bridgehead atoms. The van der Waals surface area contributed by atoms with Crippen molar-refractivity contribution in [3.63, 3.8) is 0 Å². The van der Waals surface area contributed by atoms with Crippen molar-refractivity contribution < 1.29 is 0 Å². The molecule has 0 fully saturated rings. The summed E-state index contributed by atoms with van der Waals surface area (Å²) >= 11 is 0. The van der Waals surface area contributed by atoms with Crippen molar-refractivity contribution in [2.24, 2.45) is 23.7 Å². The number of benzene rings is 1. The number of allylic oxidation sites excluding steroid dienone is 13. The van der Waals surface area contributed by atoms with Crippen LogP contribution in [0.15, 0.2) is 132 Å². The van der Waals surface area contributed by atoms with Gasteiger partial charge >= 0.3 is 0 Å². The lowest BCUT2D eigenvalue weighted by Crippen LogP contribution is -2.42. The Morgan fingerprint density at radius 3 is 2.23 bits per heavy atom. The Balaban J connectivity index is 2.13. The first-order chi connectivity index (χ1) is 25.0. The molecule has 0 aromatic heterocycles. The van der Waals surface area contributed by atoms with Crippen LogP contribution in [-0.2, 0) is 0 Å². The Labute approximate surface area is 321 Å². The van der Waals surface area contributed by atoms with Crippen LogP contribution in [0.25, 0.3) is 0 Å². The third-order valence-corrected chi connectivity index (χ3v) is 12.3. The molecule has 8 atom stereocenters. The lowest BCUT2D eigenvalue weighted by Gasteiger charge is -2.44. The minimum atomic E-state index is 0.305. The van der Waals surface area contributed by atoms with Gasteiger partial charge in [0, 0.05) is 17.7 Å². The Morgan fingerprint density at radius 1 is 0.923 bits per heavy atom. The minimum absolute atomic E-state index is 0.305. The molecule has 1 nitrogen and oxygen atoms in total. The van der Waals surface area contributed by atoms with Gasteiger partial charge in [-0.3, -0.25) is 0 Å². The molecule has 0 radical (unpaired) electrons. The minimum Gasteiger partial charge on any atom is -0.365 e. The van der Waals surface area contributed by atoms with E-state index in [1.54, 1.807) is 11.1 Å². The average molecular weight is 702 g/mol. The van der Waals surface area contributed by atoms with Crippen molar-refractivity contribution in [1.29, 1.82) is 0 Å². The molecule has 0 N–H and O–H groups in total. The highest BCUT2D eigenvalue weighted by Crippen LogP contribution is 2.48. The molecule has 0 saturated carbocycles. The zero-order chi connectivity index (χ0) is 38.4. The molecule has 52 heavy (non-hydrogen) atoms. The molecule has 1 aromatic rings. The van der Waals surface area contributed by atoms with Gasteiger partial charge in [-0.1, -0.05) is 172 Å². The summed E-state index contributed by atoms with van der Waals surface area (Å²) in [4.78, 5) is 2.76. The maximum Gasteiger partial charge on any atom is 0.0513 e. The quantitative estimate of drug-likeness (QED) is 0.0966. The molecule has 0 amide bonds. The van der Waals surface area contributed by atoms with Crippen molar-refractivity contribution in [3.8, 4) is 0 Å². The molecule has 4 unspecified atom stereocenters. The second kappa shape index (κ2) is 21.4. The molecule has 0 aliphatic heterocycles. The summed E-state index contributed by atoms with van der Waals surface area (Å²) in [6, 6.07) is 9.95. The molecule has 1 heteroatoms. The van der Waals surface area contributed by atoms with E-state index in [-0.39, 0.29) is 0 Å². The molecule has 2 aliphatic carbocycles. The number of fused-ring (bicyclic) bond motifs is 1. The van der Waals surface area contributed by atoms with Crippen molar-refractivity contribution >= 4 is 0 Å². The lowest BCUT2D eigenvalue weighted by atomic mass is 9.66. The second-order valence-electron chi connectivity index (χ2n) is 16.1. The van der Waals surface area contributed by atoms with Crippen molar-refractivity contribution in [2.75, 3.05) is 0 Å². The van der Waals surface area contributed by atoms with E-state index in [0.29, 0.717) is 47.6 Å². The highest BCUT2D eigenvalue weighted by Gasteiger charge is 2.37. The first-order valence-electron chi connectivity index (χ1n) is 20.9. The van der Waals surface area contributed by atoms with Crippen LogP contribution in [0.3, 0.4) is 0 Å². The SMILES string of the molecule is C=C/C=C\C(=C(\C)N([C@@H](C)C/C=C\CC)[C@H]1C=C2C(=CC1)C(CC(C)C(C)c1ccccc1[C@H](C)CCC)=C(C)C(/C=C\C=C)C2C)[C@H](C)CCC. The van der Waals surface area contributed by atoms with Crippen LogP contribution in [-0.4, -0.2) is 17.0 Å². The maximum atomic E-state index is 4.05. The highest BCUT2D eigenvalue weighted by atomic mass is 15.2. The van der Waals surface area contributed by atoms with Gasteiger partial charge in [0.05, 0.1) is 6.04 Å². The fourth-order valence-electron chi connectivity index (χ4n) is 9.17. The van der Waals surface area contributed by atoms with Gasteiger partial charge in [-0.25, -0.2) is 0 Å². The summed E-state index contributed by atoms with van der Waals surface area (Å²) in [5, 5.41) is 0. The molecule has 0 spiro atoms. The summed E-state index contributed by atoms with van der Waals surface area (Å²) in [5.74, 6) is 2.84. The molecule has 0 saturated heterocycles. The lowest BCUT2D eigenvalue weighted by molar-refractivity contribution is 0.220. The third-order valence-electron chi connectivity index (χ3n) is 12.3. The third kappa shape index (κ3) is 10.6. The Bertz CT molecular complexity index is 1530. The van der Waals surface area contributed by atoms with Crippen molar-refractivity contribution in [2.45, 2.75) is 151 Å². The Hall–Kier alpha value is -3.32. The molecule has 3 rings (SSSR count). The predicted octanol–water partition coefficient (Wildman–Crippen LogP) is 15.2. The summed E-state index contributed by atoms with van der Waals surface area (Å²) in [6.07, 6.45) is 32.0. The first-order valence-corrected chi connectivity index (χ1v) is 20.9. The van der Waals surface area contributed by atoms with Crippen molar-refractivity contribution in [1.82, 2.24) is 4.90 Å². The van der Waals surface area contributed by atoms with Crippen LogP contribution < -0.4 is 0 Å². The normalized spacial score (nSPS) is 22.8. The number of nitrogens with zero attached hydrogens (tertiary/aromatic N) is 1. The first kappa shape index (κ1) is 43.1. The average Bonchev–Trinajstić information content (AvgIpc) is 3.13. The van der Waals surface area contributed by atoms with E-state index in [4.69, 9.17) is 0 Å². The van der Waals surface area contributed by atoms with Gasteiger partial charge in [0.15, 0.2) is 0 Å². The van der Waals surface area contributed by atoms with Crippen LogP contribution in [0.4, 0.5) is 0 Å². The van der Waals surface area contributed by atoms with E-state index in [1.165, 1.54) is 59.2 Å². The largest absolute Gasteiger partial charge is 0.365 e. The summed E-state index contributed by atoms with van der Waals surface area (Å²) in [5.41, 5.74) is 12.1. The van der Waals surface area contributed by atoms with Crippen molar-refractivity contribution in [3.05, 3.63) is 143 Å². The summed E-state index contributed by atoms with van der Waals surface area (Å²) in [7, 11) is 0. The number of hydrogen-bond acceptors (Lipinski definition) is 1. The summed E-state index contributed by atoms with van der Waals surface area (Å²) in [6.45, 7) is 34.4. The number of rotatable bonds is 20. The van der Waals surface area contributed by atoms with E-state index in [2.05, 4.69) is 167 Å². The summed E-state index contributed by atoms with van der Waals surface area (Å²) < 4.78 is 0. The van der Waals surface area contributed by atoms with Gasteiger partial charge < -0.3 is 4.90 Å². The Kier molecular flexibility index (Phi) is 17.7. The van der Waals surface area contributed by atoms with Gasteiger partial charge in [-0.05, 0) is 122 Å². The fraction of sp³-hybridized carbons (Fsp3) is 0.529. The second-order valence-corrected chi connectivity index (χ2v) is 16.1. The van der Waals surface area contributed by atoms with Crippen LogP contribution in [0.1, 0.15) is 150 Å². The van der Waals surface area contributed by atoms with Gasteiger partial charge in [-0.15, -0.1) is 0 Å². The van der Waals surface area contributed by atoms with Gasteiger partial charge in [0.25, 0.3) is 0 Å². The topological polar surface area (TPSA) is 3.24 Å². The predicted molar refractivity (Wildman–Crippen MR) is 233 cm³/mol. The standard InChI is InChI=1S/C51H75N/c1-14-19-22-27-39(9)52(43(13)45(28-20-15-2)36(6)25-17-4)44-32-33-49-50(41(11)47(29-21-16-3)42(12)51(49)35-44)34-38(8)40(10)48-31-24-23-30-46(48)37(7)26-18-5/h15-16,19-24,28-31,33,35-40,42,44,47H,2-3,14,17-18,25-27,32,34H2,1,4-13H3/b22-19-,28-20-,29-21-,45-43+/t36-,37-,38?,39+,40?,42?,44-,47?/m1/s1. The van der Waals surface area contributed by atoms with E-state index in [9.17, 15) is 0 Å². The highest BCUT2D eigenvalue weighted by molar-refractivity contribution is 5.57. The molecule has 0 heterocycles. The maximum absolute atomic E-state index is 4.05. The van der Waals surface area contributed by atoms with Crippen LogP contribution >= 0.6 is 0 Å². The smallest absolute Gasteiger partial charge is 0.0513 e. The van der Waals surface area contributed by atoms with Gasteiger partial charge in [0.2, 0.25) is 0 Å². The van der Waals surface area contributed by atoms with E-state index >= 15 is 0 Å². The van der Waals surface area contributed by atoms with Crippen LogP contribution in [0.5, 0.6) is 0 Å². The van der Waals surface area contributed by atoms with Crippen LogP contribution in [0, 0.1) is 23.7 Å². The zero-order valence-electron chi connectivity index (χ0n) is 35.2. The molecule has 2 aliphatic rings. The van der Waals surface area contributed by atoms with Crippen LogP contribution in [0.2, 0.25) is 0 Å². The van der Waals surface area contributed by atoms with E-state index < -0.39 is 0 Å². The monoisotopic (exact) mass is 702 g/mol. The van der Waals surface area contributed by atoms with Gasteiger partial charge in [-0.2, -0.15) is 0 Å². The molecular weight excluding hydrogens is 627 g/mol. The van der Waals surface area contributed by atoms with E-state index in [0.717, 1.165) is 25.7 Å². The molecule has 284 valence electrons. The van der Waals surface area contributed by atoms with E-state index in [1.807, 2.05) is 12.2 Å². The molecule has 1 aromatic carbocycles. The van der Waals surface area contributed by atoms with Gasteiger partial charge in [0.1, 0.15) is 0 Å². The fourth-order valence-corrected chi connectivity index (χ4v) is 9.17. The number of hydrogen-bond donors (Lipinski definition) is 0.